The molecule has 0 aromatic heterocycles. The lowest BCUT2D eigenvalue weighted by Crippen LogP contribution is -2.21. The lowest BCUT2D eigenvalue weighted by Gasteiger charge is -2.11. The van der Waals surface area contributed by atoms with E-state index < -0.39 is 0 Å². The summed E-state index contributed by atoms with van der Waals surface area (Å²) in [6, 6.07) is 13.4. The van der Waals surface area contributed by atoms with Crippen LogP contribution in [0.15, 0.2) is 52.7 Å². The third-order valence-electron chi connectivity index (χ3n) is 3.34. The van der Waals surface area contributed by atoms with E-state index in [1.54, 1.807) is 6.21 Å². The van der Waals surface area contributed by atoms with Gasteiger partial charge in [0.05, 0.1) is 11.2 Å². The molecule has 0 saturated carbocycles. The second-order valence-electron chi connectivity index (χ2n) is 4.71. The molecule has 0 bridgehead atoms. The first kappa shape index (κ1) is 17.3. The van der Waals surface area contributed by atoms with Gasteiger partial charge in [0, 0.05) is 21.4 Å². The molecule has 118 valence electrons. The molecule has 0 spiro atoms. The van der Waals surface area contributed by atoms with Crippen LogP contribution in [0.3, 0.4) is 0 Å². The molecule has 0 saturated heterocycles. The maximum absolute atomic E-state index is 6.54. The number of nitrogens with two attached hydrogens (primary N) is 2. The SMILES string of the molecule is Cl.NC(N)=NN=Cc1c2ccccc2c(Cl)c2c(Cl)cccc12. The highest BCUT2D eigenvalue weighted by Crippen LogP contribution is 2.38. The van der Waals surface area contributed by atoms with E-state index in [9.17, 15) is 0 Å². The molecule has 3 aromatic carbocycles. The quantitative estimate of drug-likeness (QED) is 0.306. The Morgan fingerprint density at radius 3 is 2.26 bits per heavy atom. The van der Waals surface area contributed by atoms with Crippen LogP contribution in [-0.2, 0) is 0 Å². The van der Waals surface area contributed by atoms with Crippen LogP contribution in [0.1, 0.15) is 5.56 Å². The third kappa shape index (κ3) is 3.20. The van der Waals surface area contributed by atoms with Gasteiger partial charge in [0.25, 0.3) is 0 Å². The highest BCUT2D eigenvalue weighted by molar-refractivity contribution is 6.46. The first-order chi connectivity index (χ1) is 10.6. The van der Waals surface area contributed by atoms with Crippen molar-refractivity contribution in [3.8, 4) is 0 Å². The van der Waals surface area contributed by atoms with E-state index >= 15 is 0 Å². The zero-order valence-electron chi connectivity index (χ0n) is 11.8. The lowest BCUT2D eigenvalue weighted by molar-refractivity contribution is 1.22. The Labute approximate surface area is 149 Å². The van der Waals surface area contributed by atoms with Gasteiger partial charge in [-0.25, -0.2) is 0 Å². The van der Waals surface area contributed by atoms with Crippen LogP contribution in [0.4, 0.5) is 0 Å². The minimum absolute atomic E-state index is 0. The summed E-state index contributed by atoms with van der Waals surface area (Å²) in [4.78, 5) is 0. The number of halogens is 3. The Bertz CT molecular complexity index is 931. The van der Waals surface area contributed by atoms with Crippen molar-refractivity contribution in [2.75, 3.05) is 0 Å². The summed E-state index contributed by atoms with van der Waals surface area (Å²) < 4.78 is 0. The van der Waals surface area contributed by atoms with Crippen molar-refractivity contribution in [1.82, 2.24) is 0 Å². The third-order valence-corrected chi connectivity index (χ3v) is 4.04. The maximum Gasteiger partial charge on any atom is 0.211 e. The summed E-state index contributed by atoms with van der Waals surface area (Å²) in [7, 11) is 0. The van der Waals surface area contributed by atoms with Crippen LogP contribution in [0, 0.1) is 0 Å². The van der Waals surface area contributed by atoms with Crippen molar-refractivity contribution < 1.29 is 0 Å². The molecule has 0 fully saturated rings. The van der Waals surface area contributed by atoms with Crippen molar-refractivity contribution in [2.45, 2.75) is 0 Å². The van der Waals surface area contributed by atoms with Crippen molar-refractivity contribution in [3.05, 3.63) is 58.1 Å². The van der Waals surface area contributed by atoms with Crippen LogP contribution < -0.4 is 11.5 Å². The summed E-state index contributed by atoms with van der Waals surface area (Å²) in [5.41, 5.74) is 11.5. The highest BCUT2D eigenvalue weighted by atomic mass is 35.5. The van der Waals surface area contributed by atoms with E-state index in [1.165, 1.54) is 0 Å². The van der Waals surface area contributed by atoms with Crippen molar-refractivity contribution >= 4 is 69.3 Å². The van der Waals surface area contributed by atoms with Gasteiger partial charge < -0.3 is 11.5 Å². The minimum Gasteiger partial charge on any atom is -0.369 e. The summed E-state index contributed by atoms with van der Waals surface area (Å²) in [5, 5.41) is 12.3. The Morgan fingerprint density at radius 1 is 0.913 bits per heavy atom. The molecule has 0 aliphatic heterocycles. The average Bonchev–Trinajstić information content (AvgIpc) is 2.50. The van der Waals surface area contributed by atoms with Gasteiger partial charge in [-0.3, -0.25) is 0 Å². The Balaban J connectivity index is 0.00000192. The minimum atomic E-state index is -0.100. The Kier molecular flexibility index (Phi) is 5.31. The van der Waals surface area contributed by atoms with Crippen LogP contribution in [0.2, 0.25) is 10.0 Å². The van der Waals surface area contributed by atoms with Gasteiger partial charge >= 0.3 is 0 Å². The molecule has 0 atom stereocenters. The molecular formula is C16H13Cl3N4. The van der Waals surface area contributed by atoms with Gasteiger partial charge in [0.1, 0.15) is 0 Å². The van der Waals surface area contributed by atoms with Gasteiger partial charge in [-0.05, 0) is 16.8 Å². The van der Waals surface area contributed by atoms with E-state index in [-0.39, 0.29) is 18.4 Å². The monoisotopic (exact) mass is 366 g/mol. The Morgan fingerprint density at radius 2 is 1.57 bits per heavy atom. The maximum atomic E-state index is 6.54. The summed E-state index contributed by atoms with van der Waals surface area (Å²) >= 11 is 12.9. The van der Waals surface area contributed by atoms with E-state index in [4.69, 9.17) is 34.7 Å². The molecule has 0 amide bonds. The van der Waals surface area contributed by atoms with Crippen LogP contribution in [0.5, 0.6) is 0 Å². The Hall–Kier alpha value is -2.01. The lowest BCUT2D eigenvalue weighted by atomic mass is 9.97. The average molecular weight is 368 g/mol. The standard InChI is InChI=1S/C16H12Cl2N4.ClH/c17-13-7-3-6-10-12(8-21-22-16(19)20)9-4-1-2-5-11(9)15(18)14(10)13;/h1-8H,(H4,19,20,22);1H. The fraction of sp³-hybridized carbons (Fsp3) is 0. The van der Waals surface area contributed by atoms with E-state index in [1.807, 2.05) is 42.5 Å². The topological polar surface area (TPSA) is 76.8 Å². The van der Waals surface area contributed by atoms with Crippen LogP contribution in [-0.4, -0.2) is 12.2 Å². The molecule has 0 heterocycles. The molecule has 0 unspecified atom stereocenters. The predicted octanol–water partition coefficient (Wildman–Crippen LogP) is 4.33. The summed E-state index contributed by atoms with van der Waals surface area (Å²) in [6.07, 6.45) is 1.61. The number of rotatable bonds is 2. The van der Waals surface area contributed by atoms with Gasteiger partial charge in [-0.15, -0.1) is 17.5 Å². The predicted molar refractivity (Wildman–Crippen MR) is 102 cm³/mol. The van der Waals surface area contributed by atoms with Crippen LogP contribution >= 0.6 is 35.6 Å². The molecule has 3 rings (SSSR count). The number of guanidine groups is 1. The second kappa shape index (κ2) is 7.04. The molecule has 0 radical (unpaired) electrons. The van der Waals surface area contributed by atoms with Gasteiger partial charge in [-0.2, -0.15) is 5.10 Å². The molecular weight excluding hydrogens is 355 g/mol. The number of hydrogen-bond acceptors (Lipinski definition) is 2. The summed E-state index contributed by atoms with van der Waals surface area (Å²) in [5.74, 6) is -0.100. The largest absolute Gasteiger partial charge is 0.369 e. The normalized spacial score (nSPS) is 10.9. The van der Waals surface area contributed by atoms with E-state index in [2.05, 4.69) is 10.2 Å². The zero-order valence-corrected chi connectivity index (χ0v) is 14.2. The molecule has 4 N–H and O–H groups in total. The van der Waals surface area contributed by atoms with E-state index in [0.717, 1.165) is 27.1 Å². The van der Waals surface area contributed by atoms with Crippen molar-refractivity contribution in [1.29, 1.82) is 0 Å². The fourth-order valence-corrected chi connectivity index (χ4v) is 3.14. The van der Waals surface area contributed by atoms with E-state index in [0.29, 0.717) is 10.0 Å². The van der Waals surface area contributed by atoms with Gasteiger partial charge in [0.15, 0.2) is 0 Å². The number of nitrogens with zero attached hydrogens (tertiary/aromatic N) is 2. The van der Waals surface area contributed by atoms with Crippen LogP contribution in [0.25, 0.3) is 21.5 Å². The molecule has 7 heteroatoms. The highest BCUT2D eigenvalue weighted by Gasteiger charge is 2.13. The molecule has 3 aromatic rings. The van der Waals surface area contributed by atoms with Gasteiger partial charge in [0.2, 0.25) is 5.96 Å². The first-order valence-electron chi connectivity index (χ1n) is 6.50. The molecule has 23 heavy (non-hydrogen) atoms. The molecule has 4 nitrogen and oxygen atoms in total. The smallest absolute Gasteiger partial charge is 0.211 e. The first-order valence-corrected chi connectivity index (χ1v) is 7.25. The number of fused-ring (bicyclic) bond motifs is 2. The number of hydrogen-bond donors (Lipinski definition) is 2. The summed E-state index contributed by atoms with van der Waals surface area (Å²) in [6.45, 7) is 0. The van der Waals surface area contributed by atoms with Gasteiger partial charge in [-0.1, -0.05) is 59.6 Å². The zero-order chi connectivity index (χ0) is 15.7. The van der Waals surface area contributed by atoms with Crippen molar-refractivity contribution in [3.63, 3.8) is 0 Å². The van der Waals surface area contributed by atoms with Crippen molar-refractivity contribution in [2.24, 2.45) is 21.7 Å². The second-order valence-corrected chi connectivity index (χ2v) is 5.49. The molecule has 0 aliphatic rings. The molecule has 0 aliphatic carbocycles. The fourth-order valence-electron chi connectivity index (χ4n) is 2.45. The number of benzene rings is 3.